The van der Waals surface area contributed by atoms with Crippen molar-refractivity contribution in [2.75, 3.05) is 59.5 Å². The maximum Gasteiger partial charge on any atom is 0.0701 e. The fourth-order valence-electron chi connectivity index (χ4n) is 1.85. The van der Waals surface area contributed by atoms with Crippen LogP contribution < -0.4 is 0 Å². The van der Waals surface area contributed by atoms with E-state index in [9.17, 15) is 0 Å². The van der Waals surface area contributed by atoms with Gasteiger partial charge < -0.3 is 24.1 Å². The van der Waals surface area contributed by atoms with Crippen LogP contribution in [0.25, 0.3) is 0 Å². The Morgan fingerprint density at radius 1 is 0.609 bits per heavy atom. The molecule has 0 rings (SSSR count). The van der Waals surface area contributed by atoms with Gasteiger partial charge in [-0.1, -0.05) is 31.9 Å². The summed E-state index contributed by atoms with van der Waals surface area (Å²) in [5.74, 6) is 0. The molecule has 0 heterocycles. The van der Waals surface area contributed by atoms with Gasteiger partial charge in [-0.25, -0.2) is 0 Å². The van der Waals surface area contributed by atoms with Gasteiger partial charge in [0.1, 0.15) is 0 Å². The first-order chi connectivity index (χ1) is 11.4. The number of ether oxygens (including phenoxy) is 4. The van der Waals surface area contributed by atoms with Crippen molar-refractivity contribution in [2.24, 2.45) is 0 Å². The molecule has 0 fully saturated rings. The van der Waals surface area contributed by atoms with Crippen LogP contribution in [0.5, 0.6) is 0 Å². The van der Waals surface area contributed by atoms with E-state index in [2.05, 4.69) is 19.1 Å². The summed E-state index contributed by atoms with van der Waals surface area (Å²) in [6, 6.07) is 0. The highest BCUT2D eigenvalue weighted by molar-refractivity contribution is 4.80. The predicted molar refractivity (Wildman–Crippen MR) is 92.9 cm³/mol. The molecule has 0 aliphatic carbocycles. The second-order valence-electron chi connectivity index (χ2n) is 5.28. The molecular weight excluding hydrogens is 296 g/mol. The third-order valence-electron chi connectivity index (χ3n) is 3.15. The number of rotatable bonds is 19. The Balaban J connectivity index is 2.98. The van der Waals surface area contributed by atoms with E-state index in [1.54, 1.807) is 0 Å². The second kappa shape index (κ2) is 21.5. The Hall–Kier alpha value is -0.460. The highest BCUT2D eigenvalue weighted by atomic mass is 16.6. The molecule has 0 aromatic rings. The SMILES string of the molecule is CCCC/C=C/CCCCOCCOCCOCCOCCO. The summed E-state index contributed by atoms with van der Waals surface area (Å²) in [5.41, 5.74) is 0. The standard InChI is InChI=1S/C18H36O5/c1-2-3-4-5-6-7-8-9-11-20-13-15-22-17-18-23-16-14-21-12-10-19/h5-6,19H,2-4,7-18H2,1H3/b6-5+. The molecule has 5 heteroatoms. The van der Waals surface area contributed by atoms with Crippen molar-refractivity contribution in [3.05, 3.63) is 12.2 Å². The van der Waals surface area contributed by atoms with Gasteiger partial charge in [0.05, 0.1) is 52.9 Å². The number of hydrogen-bond donors (Lipinski definition) is 1. The summed E-state index contributed by atoms with van der Waals surface area (Å²) in [6.07, 6.45) is 11.8. The second-order valence-corrected chi connectivity index (χ2v) is 5.28. The molecule has 0 amide bonds. The number of unbranched alkanes of at least 4 members (excludes halogenated alkanes) is 4. The zero-order chi connectivity index (χ0) is 16.8. The molecule has 0 saturated heterocycles. The minimum absolute atomic E-state index is 0.0543. The van der Waals surface area contributed by atoms with Gasteiger partial charge in [0.15, 0.2) is 0 Å². The van der Waals surface area contributed by atoms with E-state index in [0.29, 0.717) is 46.2 Å². The van der Waals surface area contributed by atoms with Crippen molar-refractivity contribution in [3.8, 4) is 0 Å². The van der Waals surface area contributed by atoms with E-state index in [0.717, 1.165) is 19.4 Å². The first kappa shape index (κ1) is 22.5. The molecule has 0 saturated carbocycles. The lowest BCUT2D eigenvalue weighted by atomic mass is 10.2. The zero-order valence-electron chi connectivity index (χ0n) is 14.8. The van der Waals surface area contributed by atoms with Crippen molar-refractivity contribution in [1.29, 1.82) is 0 Å². The quantitative estimate of drug-likeness (QED) is 0.291. The topological polar surface area (TPSA) is 57.2 Å². The smallest absolute Gasteiger partial charge is 0.0701 e. The Morgan fingerprint density at radius 3 is 1.61 bits per heavy atom. The maximum atomic E-state index is 8.51. The summed E-state index contributed by atoms with van der Waals surface area (Å²) in [5, 5.41) is 8.51. The lowest BCUT2D eigenvalue weighted by Crippen LogP contribution is -2.12. The minimum atomic E-state index is 0.0543. The van der Waals surface area contributed by atoms with E-state index in [1.165, 1.54) is 25.7 Å². The average Bonchev–Trinajstić information content (AvgIpc) is 2.57. The molecule has 0 radical (unpaired) electrons. The fraction of sp³-hybridized carbons (Fsp3) is 0.889. The molecule has 1 N–H and O–H groups in total. The first-order valence-electron chi connectivity index (χ1n) is 8.98. The van der Waals surface area contributed by atoms with Crippen LogP contribution in [-0.2, 0) is 18.9 Å². The Labute approximate surface area is 142 Å². The lowest BCUT2D eigenvalue weighted by molar-refractivity contribution is -0.00573. The van der Waals surface area contributed by atoms with Crippen LogP contribution in [0.15, 0.2) is 12.2 Å². The first-order valence-corrected chi connectivity index (χ1v) is 8.98. The van der Waals surface area contributed by atoms with E-state index in [1.807, 2.05) is 0 Å². The predicted octanol–water partition coefficient (Wildman–Crippen LogP) is 2.96. The monoisotopic (exact) mass is 332 g/mol. The van der Waals surface area contributed by atoms with Crippen LogP contribution >= 0.6 is 0 Å². The van der Waals surface area contributed by atoms with Crippen LogP contribution in [0.3, 0.4) is 0 Å². The molecule has 138 valence electrons. The van der Waals surface area contributed by atoms with Crippen molar-refractivity contribution in [2.45, 2.75) is 45.4 Å². The molecule has 0 aromatic heterocycles. The minimum Gasteiger partial charge on any atom is -0.394 e. The number of allylic oxidation sites excluding steroid dienone is 2. The Bertz CT molecular complexity index is 233. The molecule has 0 atom stereocenters. The summed E-state index contributed by atoms with van der Waals surface area (Å²) >= 11 is 0. The van der Waals surface area contributed by atoms with Crippen LogP contribution in [0, 0.1) is 0 Å². The van der Waals surface area contributed by atoms with Gasteiger partial charge in [-0.3, -0.25) is 0 Å². The van der Waals surface area contributed by atoms with Crippen LogP contribution in [0.1, 0.15) is 45.4 Å². The van der Waals surface area contributed by atoms with Gasteiger partial charge in [-0.2, -0.15) is 0 Å². The van der Waals surface area contributed by atoms with Crippen molar-refractivity contribution < 1.29 is 24.1 Å². The maximum absolute atomic E-state index is 8.51. The van der Waals surface area contributed by atoms with Crippen molar-refractivity contribution in [1.82, 2.24) is 0 Å². The van der Waals surface area contributed by atoms with Gasteiger partial charge >= 0.3 is 0 Å². The molecule has 0 spiro atoms. The van der Waals surface area contributed by atoms with Gasteiger partial charge in [0.2, 0.25) is 0 Å². The van der Waals surface area contributed by atoms with E-state index < -0.39 is 0 Å². The summed E-state index contributed by atoms with van der Waals surface area (Å²) in [4.78, 5) is 0. The molecule has 0 aromatic carbocycles. The molecule has 23 heavy (non-hydrogen) atoms. The Morgan fingerprint density at radius 2 is 1.09 bits per heavy atom. The van der Waals surface area contributed by atoms with Crippen molar-refractivity contribution in [3.63, 3.8) is 0 Å². The highest BCUT2D eigenvalue weighted by Gasteiger charge is 1.93. The molecule has 0 aliphatic heterocycles. The van der Waals surface area contributed by atoms with Crippen molar-refractivity contribution >= 4 is 0 Å². The number of aliphatic hydroxyl groups is 1. The van der Waals surface area contributed by atoms with Crippen LogP contribution in [-0.4, -0.2) is 64.6 Å². The summed E-state index contributed by atoms with van der Waals surface area (Å²) in [7, 11) is 0. The zero-order valence-corrected chi connectivity index (χ0v) is 14.8. The van der Waals surface area contributed by atoms with Gasteiger partial charge in [0, 0.05) is 6.61 Å². The largest absolute Gasteiger partial charge is 0.394 e. The number of hydrogen-bond acceptors (Lipinski definition) is 5. The van der Waals surface area contributed by atoms with Gasteiger partial charge in [0.25, 0.3) is 0 Å². The van der Waals surface area contributed by atoms with Crippen LogP contribution in [0.2, 0.25) is 0 Å². The fourth-order valence-corrected chi connectivity index (χ4v) is 1.85. The molecule has 0 bridgehead atoms. The average molecular weight is 332 g/mol. The van der Waals surface area contributed by atoms with E-state index >= 15 is 0 Å². The molecule has 0 unspecified atom stereocenters. The summed E-state index contributed by atoms with van der Waals surface area (Å²) in [6.45, 7) is 6.89. The molecule has 0 aliphatic rings. The van der Waals surface area contributed by atoms with Gasteiger partial charge in [-0.05, 0) is 25.7 Å². The Kier molecular flexibility index (Phi) is 21.1. The lowest BCUT2D eigenvalue weighted by Gasteiger charge is -2.07. The van der Waals surface area contributed by atoms with Crippen LogP contribution in [0.4, 0.5) is 0 Å². The third-order valence-corrected chi connectivity index (χ3v) is 3.15. The normalized spacial score (nSPS) is 11.6. The van der Waals surface area contributed by atoms with Gasteiger partial charge in [-0.15, -0.1) is 0 Å². The highest BCUT2D eigenvalue weighted by Crippen LogP contribution is 2.00. The number of aliphatic hydroxyl groups excluding tert-OH is 1. The van der Waals surface area contributed by atoms with E-state index in [-0.39, 0.29) is 6.61 Å². The molecular formula is C18H36O5. The molecule has 5 nitrogen and oxygen atoms in total. The summed E-state index contributed by atoms with van der Waals surface area (Å²) < 4.78 is 21.3. The third kappa shape index (κ3) is 21.5. The van der Waals surface area contributed by atoms with E-state index in [4.69, 9.17) is 24.1 Å².